The fraction of sp³-hybridized carbons (Fsp3) is 0.150. The van der Waals surface area contributed by atoms with Crippen molar-refractivity contribution >= 4 is 12.2 Å². The largest absolute Gasteiger partial charge is 0.483 e. The van der Waals surface area contributed by atoms with Gasteiger partial charge in [-0.15, -0.1) is 0 Å². The highest BCUT2D eigenvalue weighted by Crippen LogP contribution is 2.15. The lowest BCUT2D eigenvalue weighted by atomic mass is 10.1. The van der Waals surface area contributed by atoms with Gasteiger partial charge in [0.2, 0.25) is 0 Å². The minimum absolute atomic E-state index is 0.147. The van der Waals surface area contributed by atoms with E-state index in [9.17, 15) is 9.59 Å². The van der Waals surface area contributed by atoms with Crippen LogP contribution in [0, 0.1) is 0 Å². The number of rotatable bonds is 8. The predicted octanol–water partition coefficient (Wildman–Crippen LogP) is 2.44. The second-order valence-corrected chi connectivity index (χ2v) is 5.69. The molecule has 132 valence electrons. The number of para-hydroxylation sites is 1. The molecule has 1 N–H and O–H groups in total. The van der Waals surface area contributed by atoms with Crippen molar-refractivity contribution in [2.45, 2.75) is 13.1 Å². The number of hydrogen-bond donors (Lipinski definition) is 1. The molecule has 1 aromatic heterocycles. The number of benzene rings is 2. The molecule has 0 atom stereocenters. The number of nitrogens with one attached hydrogen (secondary N) is 1. The molecule has 0 saturated heterocycles. The smallest absolute Gasteiger partial charge is 0.258 e. The first-order valence-corrected chi connectivity index (χ1v) is 8.24. The number of aromatic nitrogens is 2. The van der Waals surface area contributed by atoms with Gasteiger partial charge < -0.3 is 10.1 Å². The van der Waals surface area contributed by atoms with Crippen LogP contribution in [-0.4, -0.2) is 28.6 Å². The highest BCUT2D eigenvalue weighted by molar-refractivity contribution is 5.80. The van der Waals surface area contributed by atoms with Gasteiger partial charge in [0.25, 0.3) is 5.91 Å². The molecule has 0 aliphatic carbocycles. The van der Waals surface area contributed by atoms with Crippen molar-refractivity contribution in [3.8, 4) is 5.75 Å². The van der Waals surface area contributed by atoms with Crippen molar-refractivity contribution in [3.05, 3.63) is 83.7 Å². The Kier molecular flexibility index (Phi) is 5.77. The number of carbonyl (C=O) groups is 2. The van der Waals surface area contributed by atoms with Gasteiger partial charge in [-0.05, 0) is 29.3 Å². The zero-order valence-electron chi connectivity index (χ0n) is 14.2. The third-order valence-electron chi connectivity index (χ3n) is 3.89. The first kappa shape index (κ1) is 17.4. The lowest BCUT2D eigenvalue weighted by Crippen LogP contribution is -2.29. The molecule has 26 heavy (non-hydrogen) atoms. The number of amides is 1. The summed E-state index contributed by atoms with van der Waals surface area (Å²) in [6, 6.07) is 16.6. The average Bonchev–Trinajstić information content (AvgIpc) is 3.19. The number of carbonyl (C=O) groups excluding carboxylic acids is 2. The summed E-state index contributed by atoms with van der Waals surface area (Å²) >= 11 is 0. The van der Waals surface area contributed by atoms with Crippen molar-refractivity contribution in [2.75, 3.05) is 6.61 Å². The standard InChI is InChI=1S/C20H19N3O3/c24-14-18-8-3-4-9-19(18)26-15-20(25)21-12-16-6-1-2-7-17(16)13-23-11-5-10-22-23/h1-11,14H,12-13,15H2,(H,21,25). The Bertz CT molecular complexity index is 876. The van der Waals surface area contributed by atoms with Crippen LogP contribution >= 0.6 is 0 Å². The zero-order valence-corrected chi connectivity index (χ0v) is 14.2. The normalized spacial score (nSPS) is 10.3. The molecule has 3 rings (SSSR count). The van der Waals surface area contributed by atoms with Gasteiger partial charge in [-0.1, -0.05) is 36.4 Å². The van der Waals surface area contributed by atoms with Crippen LogP contribution in [0.4, 0.5) is 0 Å². The zero-order chi connectivity index (χ0) is 18.2. The van der Waals surface area contributed by atoms with Gasteiger partial charge >= 0.3 is 0 Å². The van der Waals surface area contributed by atoms with Gasteiger partial charge in [0, 0.05) is 18.9 Å². The highest BCUT2D eigenvalue weighted by Gasteiger charge is 2.08. The van der Waals surface area contributed by atoms with Gasteiger partial charge in [0.15, 0.2) is 12.9 Å². The summed E-state index contributed by atoms with van der Waals surface area (Å²) in [5.74, 6) is 0.149. The molecule has 6 heteroatoms. The lowest BCUT2D eigenvalue weighted by Gasteiger charge is -2.12. The van der Waals surface area contributed by atoms with Crippen LogP contribution < -0.4 is 10.1 Å². The summed E-state index contributed by atoms with van der Waals surface area (Å²) in [5.41, 5.74) is 2.53. The Hall–Kier alpha value is -3.41. The summed E-state index contributed by atoms with van der Waals surface area (Å²) < 4.78 is 7.27. The Balaban J connectivity index is 1.55. The SMILES string of the molecule is O=Cc1ccccc1OCC(=O)NCc1ccccc1Cn1cccn1. The van der Waals surface area contributed by atoms with E-state index in [0.29, 0.717) is 30.7 Å². The molecule has 0 radical (unpaired) electrons. The van der Waals surface area contributed by atoms with E-state index in [0.717, 1.165) is 11.1 Å². The Morgan fingerprint density at radius 1 is 1.08 bits per heavy atom. The third kappa shape index (κ3) is 4.57. The molecule has 0 aliphatic rings. The molecule has 0 fully saturated rings. The number of ether oxygens (including phenoxy) is 1. The summed E-state index contributed by atoms with van der Waals surface area (Å²) in [6.45, 7) is 0.892. The first-order valence-electron chi connectivity index (χ1n) is 8.24. The molecule has 0 aliphatic heterocycles. The van der Waals surface area contributed by atoms with Crippen molar-refractivity contribution in [1.29, 1.82) is 0 Å². The van der Waals surface area contributed by atoms with E-state index in [1.165, 1.54) is 0 Å². The lowest BCUT2D eigenvalue weighted by molar-refractivity contribution is -0.123. The van der Waals surface area contributed by atoms with E-state index in [2.05, 4.69) is 10.4 Å². The van der Waals surface area contributed by atoms with E-state index >= 15 is 0 Å². The van der Waals surface area contributed by atoms with E-state index in [1.807, 2.05) is 41.2 Å². The fourth-order valence-corrected chi connectivity index (χ4v) is 2.55. The van der Waals surface area contributed by atoms with E-state index in [-0.39, 0.29) is 12.5 Å². The Morgan fingerprint density at radius 2 is 1.85 bits per heavy atom. The third-order valence-corrected chi connectivity index (χ3v) is 3.89. The molecule has 0 bridgehead atoms. The van der Waals surface area contributed by atoms with Crippen molar-refractivity contribution in [2.24, 2.45) is 0 Å². The minimum atomic E-state index is -0.250. The van der Waals surface area contributed by atoms with Crippen LogP contribution in [0.2, 0.25) is 0 Å². The van der Waals surface area contributed by atoms with Crippen molar-refractivity contribution in [1.82, 2.24) is 15.1 Å². The van der Waals surface area contributed by atoms with E-state index in [1.54, 1.807) is 30.5 Å². The van der Waals surface area contributed by atoms with Gasteiger partial charge in [-0.3, -0.25) is 14.3 Å². The van der Waals surface area contributed by atoms with Crippen LogP contribution in [0.5, 0.6) is 5.75 Å². The van der Waals surface area contributed by atoms with Gasteiger partial charge in [-0.25, -0.2) is 0 Å². The fourth-order valence-electron chi connectivity index (χ4n) is 2.55. The van der Waals surface area contributed by atoms with Gasteiger partial charge in [-0.2, -0.15) is 5.10 Å². The van der Waals surface area contributed by atoms with E-state index < -0.39 is 0 Å². The molecule has 0 saturated carbocycles. The van der Waals surface area contributed by atoms with E-state index in [4.69, 9.17) is 4.74 Å². The summed E-state index contributed by atoms with van der Waals surface area (Å²) in [7, 11) is 0. The first-order chi connectivity index (χ1) is 12.8. The van der Waals surface area contributed by atoms with Gasteiger partial charge in [0.05, 0.1) is 12.1 Å². The molecular weight excluding hydrogens is 330 g/mol. The van der Waals surface area contributed by atoms with Gasteiger partial charge in [0.1, 0.15) is 5.75 Å². The number of aldehydes is 1. The Morgan fingerprint density at radius 3 is 2.62 bits per heavy atom. The molecule has 0 unspecified atom stereocenters. The number of hydrogen-bond acceptors (Lipinski definition) is 4. The quantitative estimate of drug-likeness (QED) is 0.634. The molecule has 6 nitrogen and oxygen atoms in total. The van der Waals surface area contributed by atoms with Crippen LogP contribution in [0.3, 0.4) is 0 Å². The second-order valence-electron chi connectivity index (χ2n) is 5.69. The molecule has 3 aromatic rings. The second kappa shape index (κ2) is 8.62. The molecule has 1 heterocycles. The van der Waals surface area contributed by atoms with Crippen molar-refractivity contribution < 1.29 is 14.3 Å². The maximum atomic E-state index is 12.1. The van der Waals surface area contributed by atoms with Crippen LogP contribution in [-0.2, 0) is 17.9 Å². The monoisotopic (exact) mass is 349 g/mol. The minimum Gasteiger partial charge on any atom is -0.483 e. The predicted molar refractivity (Wildman–Crippen MR) is 96.9 cm³/mol. The topological polar surface area (TPSA) is 73.2 Å². The molecular formula is C20H19N3O3. The summed E-state index contributed by atoms with van der Waals surface area (Å²) in [6.07, 6.45) is 4.34. The highest BCUT2D eigenvalue weighted by atomic mass is 16.5. The van der Waals surface area contributed by atoms with Crippen LogP contribution in [0.25, 0.3) is 0 Å². The maximum Gasteiger partial charge on any atom is 0.258 e. The molecule has 0 spiro atoms. The summed E-state index contributed by atoms with van der Waals surface area (Å²) in [4.78, 5) is 23.0. The molecule has 1 amide bonds. The molecule has 2 aromatic carbocycles. The Labute approximate surface area is 151 Å². The average molecular weight is 349 g/mol. The summed E-state index contributed by atoms with van der Waals surface area (Å²) in [5, 5.41) is 7.05. The number of nitrogens with zero attached hydrogens (tertiary/aromatic N) is 2. The maximum absolute atomic E-state index is 12.1. The van der Waals surface area contributed by atoms with Crippen LogP contribution in [0.1, 0.15) is 21.5 Å². The van der Waals surface area contributed by atoms with Crippen LogP contribution in [0.15, 0.2) is 67.0 Å². The van der Waals surface area contributed by atoms with Crippen molar-refractivity contribution in [3.63, 3.8) is 0 Å².